The van der Waals surface area contributed by atoms with Gasteiger partial charge in [-0.15, -0.1) is 11.8 Å². The molecule has 0 aliphatic heterocycles. The van der Waals surface area contributed by atoms with Crippen molar-refractivity contribution in [3.05, 3.63) is 102 Å². The number of carbonyl (C=O) groups excluding carboxylic acids is 2. The van der Waals surface area contributed by atoms with Crippen LogP contribution in [0.4, 0.5) is 0 Å². The minimum absolute atomic E-state index is 0.0245. The van der Waals surface area contributed by atoms with E-state index >= 15 is 0 Å². The van der Waals surface area contributed by atoms with Gasteiger partial charge in [0, 0.05) is 41.1 Å². The molecule has 4 rings (SSSR count). The summed E-state index contributed by atoms with van der Waals surface area (Å²) in [5, 5.41) is 1.18. The summed E-state index contributed by atoms with van der Waals surface area (Å²) in [4.78, 5) is 34.6. The SMILES string of the molecule is CC(C)N(CC(=O)N(CCc1c[nH]c2ccccc12)Cc1ccccc1)C(=O)CSc1ccccc1. The Morgan fingerprint density at radius 3 is 2.25 bits per heavy atom. The average molecular weight is 500 g/mol. The Balaban J connectivity index is 1.45. The van der Waals surface area contributed by atoms with Gasteiger partial charge in [0.25, 0.3) is 0 Å². The van der Waals surface area contributed by atoms with E-state index in [2.05, 4.69) is 17.1 Å². The summed E-state index contributed by atoms with van der Waals surface area (Å²) < 4.78 is 0. The first kappa shape index (κ1) is 25.6. The summed E-state index contributed by atoms with van der Waals surface area (Å²) in [6, 6.07) is 28.1. The number of hydrogen-bond donors (Lipinski definition) is 1. The third-order valence-corrected chi connectivity index (χ3v) is 7.25. The molecule has 2 amide bonds. The summed E-state index contributed by atoms with van der Waals surface area (Å²) in [6.45, 7) is 5.10. The van der Waals surface area contributed by atoms with Crippen LogP contribution in [0.2, 0.25) is 0 Å². The van der Waals surface area contributed by atoms with Crippen LogP contribution >= 0.6 is 11.8 Å². The zero-order chi connectivity index (χ0) is 25.3. The molecule has 1 heterocycles. The fourth-order valence-electron chi connectivity index (χ4n) is 4.24. The Kier molecular flexibility index (Phi) is 8.85. The number of H-pyrrole nitrogens is 1. The molecule has 186 valence electrons. The molecule has 0 fully saturated rings. The Labute approximate surface area is 217 Å². The zero-order valence-electron chi connectivity index (χ0n) is 20.9. The smallest absolute Gasteiger partial charge is 0.242 e. The van der Waals surface area contributed by atoms with E-state index in [1.165, 1.54) is 22.7 Å². The van der Waals surface area contributed by atoms with E-state index in [0.29, 0.717) is 18.8 Å². The van der Waals surface area contributed by atoms with Crippen LogP contribution in [0.3, 0.4) is 0 Å². The first-order chi connectivity index (χ1) is 17.5. The molecule has 1 aromatic heterocycles. The molecule has 4 aromatic rings. The second-order valence-corrected chi connectivity index (χ2v) is 10.2. The number of aromatic nitrogens is 1. The Bertz CT molecular complexity index is 1270. The molecule has 36 heavy (non-hydrogen) atoms. The molecular weight excluding hydrogens is 466 g/mol. The van der Waals surface area contributed by atoms with Crippen LogP contribution < -0.4 is 0 Å². The van der Waals surface area contributed by atoms with Crippen LogP contribution in [0.5, 0.6) is 0 Å². The normalized spacial score (nSPS) is 11.1. The second-order valence-electron chi connectivity index (χ2n) is 9.13. The molecule has 5 nitrogen and oxygen atoms in total. The lowest BCUT2D eigenvalue weighted by Crippen LogP contribution is -2.46. The maximum Gasteiger partial charge on any atom is 0.242 e. The van der Waals surface area contributed by atoms with Crippen molar-refractivity contribution in [2.45, 2.75) is 37.8 Å². The topological polar surface area (TPSA) is 56.4 Å². The van der Waals surface area contributed by atoms with Crippen LogP contribution in [0, 0.1) is 0 Å². The summed E-state index contributed by atoms with van der Waals surface area (Å²) in [7, 11) is 0. The maximum atomic E-state index is 13.6. The average Bonchev–Trinajstić information content (AvgIpc) is 3.32. The first-order valence-corrected chi connectivity index (χ1v) is 13.3. The Hall–Kier alpha value is -3.51. The van der Waals surface area contributed by atoms with E-state index < -0.39 is 0 Å². The number of carbonyl (C=O) groups is 2. The Morgan fingerprint density at radius 1 is 0.861 bits per heavy atom. The fraction of sp³-hybridized carbons (Fsp3) is 0.267. The molecule has 0 atom stereocenters. The van der Waals surface area contributed by atoms with Crippen LogP contribution in [0.1, 0.15) is 25.0 Å². The number of rotatable bonds is 11. The number of benzene rings is 3. The highest BCUT2D eigenvalue weighted by Crippen LogP contribution is 2.20. The molecule has 0 spiro atoms. The molecule has 0 aliphatic rings. The number of nitrogens with one attached hydrogen (secondary N) is 1. The van der Waals surface area contributed by atoms with E-state index in [4.69, 9.17) is 0 Å². The predicted octanol–water partition coefficient (Wildman–Crippen LogP) is 5.77. The lowest BCUT2D eigenvalue weighted by Gasteiger charge is -2.30. The number of fused-ring (bicyclic) bond motifs is 1. The lowest BCUT2D eigenvalue weighted by atomic mass is 10.1. The van der Waals surface area contributed by atoms with E-state index in [9.17, 15) is 9.59 Å². The lowest BCUT2D eigenvalue weighted by molar-refractivity contribution is -0.140. The summed E-state index contributed by atoms with van der Waals surface area (Å²) in [5.41, 5.74) is 3.36. The van der Waals surface area contributed by atoms with Crippen molar-refractivity contribution < 1.29 is 9.59 Å². The van der Waals surface area contributed by atoms with Crippen LogP contribution in [0.25, 0.3) is 10.9 Å². The third-order valence-electron chi connectivity index (χ3n) is 6.25. The predicted molar refractivity (Wildman–Crippen MR) is 148 cm³/mol. The molecule has 3 aromatic carbocycles. The van der Waals surface area contributed by atoms with E-state index in [1.54, 1.807) is 4.90 Å². The molecule has 6 heteroatoms. The molecular formula is C30H33N3O2S. The molecule has 0 aliphatic carbocycles. The van der Waals surface area contributed by atoms with Gasteiger partial charge in [0.2, 0.25) is 11.8 Å². The number of para-hydroxylation sites is 1. The largest absolute Gasteiger partial charge is 0.361 e. The summed E-state index contributed by atoms with van der Waals surface area (Å²) in [5.74, 6) is 0.248. The highest BCUT2D eigenvalue weighted by atomic mass is 32.2. The molecule has 0 radical (unpaired) electrons. The molecule has 0 bridgehead atoms. The van der Waals surface area contributed by atoms with Crippen molar-refractivity contribution in [1.82, 2.24) is 14.8 Å². The van der Waals surface area contributed by atoms with Crippen LogP contribution in [0.15, 0.2) is 96.0 Å². The second kappa shape index (κ2) is 12.5. The Morgan fingerprint density at radius 2 is 1.53 bits per heavy atom. The van der Waals surface area contributed by atoms with Gasteiger partial charge < -0.3 is 14.8 Å². The van der Waals surface area contributed by atoms with Gasteiger partial charge in [0.1, 0.15) is 6.54 Å². The van der Waals surface area contributed by atoms with Gasteiger partial charge in [0.15, 0.2) is 0 Å². The van der Waals surface area contributed by atoms with Gasteiger partial charge in [-0.25, -0.2) is 0 Å². The highest BCUT2D eigenvalue weighted by Gasteiger charge is 2.24. The summed E-state index contributed by atoms with van der Waals surface area (Å²) in [6.07, 6.45) is 2.77. The monoisotopic (exact) mass is 499 g/mol. The third kappa shape index (κ3) is 6.79. The van der Waals surface area contributed by atoms with Gasteiger partial charge in [0.05, 0.1) is 5.75 Å². The van der Waals surface area contributed by atoms with Gasteiger partial charge in [-0.05, 0) is 49.6 Å². The fourth-order valence-corrected chi connectivity index (χ4v) is 5.04. The van der Waals surface area contributed by atoms with Gasteiger partial charge in [-0.2, -0.15) is 0 Å². The standard InChI is InChI=1S/C30H33N3O2S/c1-23(2)33(30(35)22-36-26-13-7-4-8-14-26)21-29(34)32(20-24-11-5-3-6-12-24)18-17-25-19-31-28-16-10-9-15-27(25)28/h3-16,19,23,31H,17-18,20-22H2,1-2H3. The van der Waals surface area contributed by atoms with Gasteiger partial charge >= 0.3 is 0 Å². The number of thioether (sulfide) groups is 1. The number of nitrogens with zero attached hydrogens (tertiary/aromatic N) is 2. The molecule has 0 saturated heterocycles. The van der Waals surface area contributed by atoms with Gasteiger partial charge in [-0.1, -0.05) is 66.7 Å². The van der Waals surface area contributed by atoms with Crippen LogP contribution in [-0.4, -0.2) is 51.5 Å². The van der Waals surface area contributed by atoms with Crippen molar-refractivity contribution in [2.24, 2.45) is 0 Å². The quantitative estimate of drug-likeness (QED) is 0.267. The van der Waals surface area contributed by atoms with Crippen LogP contribution in [-0.2, 0) is 22.6 Å². The van der Waals surface area contributed by atoms with Crippen molar-refractivity contribution >= 4 is 34.5 Å². The summed E-state index contributed by atoms with van der Waals surface area (Å²) >= 11 is 1.50. The number of amides is 2. The van der Waals surface area contributed by atoms with Crippen molar-refractivity contribution in [2.75, 3.05) is 18.8 Å². The minimum atomic E-state index is -0.0648. The van der Waals surface area contributed by atoms with E-state index in [0.717, 1.165) is 22.4 Å². The molecule has 1 N–H and O–H groups in total. The maximum absolute atomic E-state index is 13.6. The van der Waals surface area contributed by atoms with E-state index in [1.807, 2.05) is 97.7 Å². The first-order valence-electron chi connectivity index (χ1n) is 12.4. The van der Waals surface area contributed by atoms with Crippen molar-refractivity contribution in [1.29, 1.82) is 0 Å². The van der Waals surface area contributed by atoms with E-state index in [-0.39, 0.29) is 24.4 Å². The number of hydrogen-bond acceptors (Lipinski definition) is 3. The molecule has 0 saturated carbocycles. The van der Waals surface area contributed by atoms with Crippen molar-refractivity contribution in [3.63, 3.8) is 0 Å². The highest BCUT2D eigenvalue weighted by molar-refractivity contribution is 8.00. The molecule has 0 unspecified atom stereocenters. The number of aromatic amines is 1. The minimum Gasteiger partial charge on any atom is -0.361 e. The zero-order valence-corrected chi connectivity index (χ0v) is 21.7. The van der Waals surface area contributed by atoms with Gasteiger partial charge in [-0.3, -0.25) is 9.59 Å². The van der Waals surface area contributed by atoms with Crippen molar-refractivity contribution in [3.8, 4) is 0 Å².